The van der Waals surface area contributed by atoms with Crippen molar-refractivity contribution in [1.29, 1.82) is 0 Å². The van der Waals surface area contributed by atoms with E-state index in [9.17, 15) is 9.59 Å². The highest BCUT2D eigenvalue weighted by Crippen LogP contribution is 2.26. The third-order valence-electron chi connectivity index (χ3n) is 4.08. The van der Waals surface area contributed by atoms with Crippen molar-refractivity contribution in [3.05, 3.63) is 12.7 Å². The molecule has 0 spiro atoms. The number of hydrogen-bond acceptors (Lipinski definition) is 3. The largest absolute Gasteiger partial charge is 0.444 e. The lowest BCUT2D eigenvalue weighted by molar-refractivity contribution is -0.130. The van der Waals surface area contributed by atoms with Crippen LogP contribution in [0.4, 0.5) is 4.79 Å². The van der Waals surface area contributed by atoms with Gasteiger partial charge >= 0.3 is 6.09 Å². The summed E-state index contributed by atoms with van der Waals surface area (Å²) in [4.78, 5) is 27.7. The van der Waals surface area contributed by atoms with Crippen LogP contribution in [0.1, 0.15) is 40.0 Å². The van der Waals surface area contributed by atoms with Crippen LogP contribution >= 0.6 is 0 Å². The number of rotatable bonds is 2. The molecule has 2 heterocycles. The van der Waals surface area contributed by atoms with Crippen molar-refractivity contribution < 1.29 is 14.3 Å². The second-order valence-corrected chi connectivity index (χ2v) is 6.94. The zero-order valence-corrected chi connectivity index (χ0v) is 13.3. The molecule has 2 rings (SSSR count). The fourth-order valence-corrected chi connectivity index (χ4v) is 2.96. The van der Waals surface area contributed by atoms with Crippen molar-refractivity contribution in [2.75, 3.05) is 19.6 Å². The Morgan fingerprint density at radius 2 is 1.95 bits per heavy atom. The molecule has 0 aromatic carbocycles. The van der Waals surface area contributed by atoms with Crippen LogP contribution in [0.5, 0.6) is 0 Å². The first-order chi connectivity index (χ1) is 9.80. The summed E-state index contributed by atoms with van der Waals surface area (Å²) in [5.41, 5.74) is -0.462. The lowest BCUT2D eigenvalue weighted by atomic mass is 10.0. The lowest BCUT2D eigenvalue weighted by Crippen LogP contribution is -2.48. The van der Waals surface area contributed by atoms with E-state index >= 15 is 0 Å². The number of nitrogens with zero attached hydrogens (tertiary/aromatic N) is 2. The van der Waals surface area contributed by atoms with E-state index in [0.29, 0.717) is 19.5 Å². The van der Waals surface area contributed by atoms with E-state index in [1.54, 1.807) is 4.90 Å². The summed E-state index contributed by atoms with van der Waals surface area (Å²) in [5, 5.41) is 0. The van der Waals surface area contributed by atoms with Gasteiger partial charge in [0.25, 0.3) is 0 Å². The molecule has 0 N–H and O–H groups in total. The SMILES string of the molecule is C=CC1CC(=O)N(C2CCN(C(=O)OC(C)(C)C)CC2)C1. The molecular formula is C16H26N2O3. The number of piperidine rings is 1. The van der Waals surface area contributed by atoms with Gasteiger partial charge in [0.2, 0.25) is 5.91 Å². The summed E-state index contributed by atoms with van der Waals surface area (Å²) in [6, 6.07) is 0.251. The van der Waals surface area contributed by atoms with Crippen molar-refractivity contribution in [3.63, 3.8) is 0 Å². The Morgan fingerprint density at radius 3 is 2.43 bits per heavy atom. The topological polar surface area (TPSA) is 49.9 Å². The van der Waals surface area contributed by atoms with E-state index < -0.39 is 5.60 Å². The fraction of sp³-hybridized carbons (Fsp3) is 0.750. The quantitative estimate of drug-likeness (QED) is 0.735. The first kappa shape index (κ1) is 15.9. The van der Waals surface area contributed by atoms with E-state index in [-0.39, 0.29) is 24.0 Å². The minimum Gasteiger partial charge on any atom is -0.444 e. The third kappa shape index (κ3) is 3.99. The summed E-state index contributed by atoms with van der Waals surface area (Å²) < 4.78 is 5.39. The molecular weight excluding hydrogens is 268 g/mol. The molecule has 1 unspecified atom stereocenters. The van der Waals surface area contributed by atoms with E-state index in [4.69, 9.17) is 4.74 Å². The molecule has 0 radical (unpaired) electrons. The van der Waals surface area contributed by atoms with Gasteiger partial charge in [-0.3, -0.25) is 4.79 Å². The van der Waals surface area contributed by atoms with Gasteiger partial charge in [-0.1, -0.05) is 6.08 Å². The number of ether oxygens (including phenoxy) is 1. The van der Waals surface area contributed by atoms with Gasteiger partial charge in [-0.05, 0) is 33.6 Å². The van der Waals surface area contributed by atoms with E-state index in [1.807, 2.05) is 31.7 Å². The molecule has 1 atom stereocenters. The normalized spacial score (nSPS) is 24.3. The smallest absolute Gasteiger partial charge is 0.410 e. The number of carbonyl (C=O) groups excluding carboxylic acids is 2. The summed E-state index contributed by atoms with van der Waals surface area (Å²) in [6.45, 7) is 11.5. The molecule has 2 saturated heterocycles. The van der Waals surface area contributed by atoms with Gasteiger partial charge in [0.05, 0.1) is 0 Å². The summed E-state index contributed by atoms with van der Waals surface area (Å²) >= 11 is 0. The summed E-state index contributed by atoms with van der Waals surface area (Å²) in [7, 11) is 0. The van der Waals surface area contributed by atoms with E-state index in [1.165, 1.54) is 0 Å². The minimum atomic E-state index is -0.462. The van der Waals surface area contributed by atoms with Crippen molar-refractivity contribution in [3.8, 4) is 0 Å². The van der Waals surface area contributed by atoms with Crippen molar-refractivity contribution in [2.24, 2.45) is 5.92 Å². The first-order valence-corrected chi connectivity index (χ1v) is 7.70. The Labute approximate surface area is 126 Å². The zero-order valence-electron chi connectivity index (χ0n) is 13.3. The summed E-state index contributed by atoms with van der Waals surface area (Å²) in [5.74, 6) is 0.497. The second-order valence-electron chi connectivity index (χ2n) is 6.94. The highest BCUT2D eigenvalue weighted by molar-refractivity contribution is 5.79. The fourth-order valence-electron chi connectivity index (χ4n) is 2.96. The first-order valence-electron chi connectivity index (χ1n) is 7.70. The van der Waals surface area contributed by atoms with Crippen molar-refractivity contribution >= 4 is 12.0 Å². The number of likely N-dealkylation sites (tertiary alicyclic amines) is 2. The van der Waals surface area contributed by atoms with Crippen LogP contribution in [-0.2, 0) is 9.53 Å². The maximum atomic E-state index is 12.0. The highest BCUT2D eigenvalue weighted by atomic mass is 16.6. The van der Waals surface area contributed by atoms with Gasteiger partial charge in [0.1, 0.15) is 5.60 Å². The van der Waals surface area contributed by atoms with Crippen molar-refractivity contribution in [1.82, 2.24) is 9.80 Å². The molecule has 118 valence electrons. The van der Waals surface area contributed by atoms with Crippen LogP contribution in [0.3, 0.4) is 0 Å². The van der Waals surface area contributed by atoms with Gasteiger partial charge in [0.15, 0.2) is 0 Å². The molecule has 0 aromatic heterocycles. The molecule has 0 aliphatic carbocycles. The molecule has 2 aliphatic rings. The Morgan fingerprint density at radius 1 is 1.33 bits per heavy atom. The number of amides is 2. The minimum absolute atomic E-state index is 0.218. The van der Waals surface area contributed by atoms with Crippen LogP contribution in [0, 0.1) is 5.92 Å². The Kier molecular flexibility index (Phi) is 4.59. The molecule has 5 nitrogen and oxygen atoms in total. The molecule has 0 bridgehead atoms. The van der Waals surface area contributed by atoms with Gasteiger partial charge < -0.3 is 14.5 Å². The van der Waals surface area contributed by atoms with E-state index in [0.717, 1.165) is 19.4 Å². The maximum absolute atomic E-state index is 12.0. The predicted molar refractivity (Wildman–Crippen MR) is 80.8 cm³/mol. The van der Waals surface area contributed by atoms with E-state index in [2.05, 4.69) is 6.58 Å². The molecule has 2 fully saturated rings. The highest BCUT2D eigenvalue weighted by Gasteiger charge is 2.36. The number of carbonyl (C=O) groups is 2. The van der Waals surface area contributed by atoms with Crippen LogP contribution in [-0.4, -0.2) is 53.1 Å². The Hall–Kier alpha value is -1.52. The third-order valence-corrected chi connectivity index (χ3v) is 4.08. The van der Waals surface area contributed by atoms with Crippen LogP contribution in [0.15, 0.2) is 12.7 Å². The molecule has 21 heavy (non-hydrogen) atoms. The second kappa shape index (κ2) is 6.08. The average molecular weight is 294 g/mol. The molecule has 0 aromatic rings. The zero-order chi connectivity index (χ0) is 15.6. The van der Waals surface area contributed by atoms with Gasteiger partial charge in [0, 0.05) is 38.0 Å². The van der Waals surface area contributed by atoms with Gasteiger partial charge in [-0.15, -0.1) is 6.58 Å². The molecule has 2 aliphatic heterocycles. The standard InChI is InChI=1S/C16H26N2O3/c1-5-12-10-14(19)18(11-12)13-6-8-17(9-7-13)15(20)21-16(2,3)4/h5,12-13H,1,6-11H2,2-4H3. The van der Waals surface area contributed by atoms with Crippen molar-refractivity contribution in [2.45, 2.75) is 51.7 Å². The Bertz CT molecular complexity index is 420. The van der Waals surface area contributed by atoms with Gasteiger partial charge in [-0.2, -0.15) is 0 Å². The number of hydrogen-bond donors (Lipinski definition) is 0. The van der Waals surface area contributed by atoms with Crippen LogP contribution in [0.25, 0.3) is 0 Å². The summed E-state index contributed by atoms with van der Waals surface area (Å²) in [6.07, 6.45) is 3.85. The van der Waals surface area contributed by atoms with Gasteiger partial charge in [-0.25, -0.2) is 4.79 Å². The Balaban J connectivity index is 1.85. The molecule has 2 amide bonds. The maximum Gasteiger partial charge on any atom is 0.410 e. The van der Waals surface area contributed by atoms with Crippen LogP contribution < -0.4 is 0 Å². The lowest BCUT2D eigenvalue weighted by Gasteiger charge is -2.37. The molecule has 0 saturated carbocycles. The molecule has 5 heteroatoms. The predicted octanol–water partition coefficient (Wildman–Crippen LogP) is 2.42. The van der Waals surface area contributed by atoms with Crippen LogP contribution in [0.2, 0.25) is 0 Å². The monoisotopic (exact) mass is 294 g/mol. The average Bonchev–Trinajstić information content (AvgIpc) is 2.78.